The summed E-state index contributed by atoms with van der Waals surface area (Å²) in [5.41, 5.74) is 0.609. The van der Waals surface area contributed by atoms with Crippen molar-refractivity contribution in [1.29, 1.82) is 0 Å². The van der Waals surface area contributed by atoms with Gasteiger partial charge >= 0.3 is 0 Å². The van der Waals surface area contributed by atoms with Crippen LogP contribution in [0.5, 0.6) is 5.88 Å². The maximum absolute atomic E-state index is 10.1. The molecule has 0 aromatic carbocycles. The predicted octanol–water partition coefficient (Wildman–Crippen LogP) is 2.29. The molecule has 1 aromatic heterocycles. The first kappa shape index (κ1) is 14.9. The Bertz CT molecular complexity index is 372. The monoisotopic (exact) mass is 252 g/mol. The third-order valence-electron chi connectivity index (χ3n) is 2.27. The van der Waals surface area contributed by atoms with Gasteiger partial charge in [-0.1, -0.05) is 6.07 Å². The highest BCUT2D eigenvalue weighted by molar-refractivity contribution is 5.17. The second-order valence-electron chi connectivity index (χ2n) is 5.71. The van der Waals surface area contributed by atoms with Crippen LogP contribution in [0.4, 0.5) is 0 Å². The molecule has 0 radical (unpaired) electrons. The number of β-amino-alcohol motifs (C(OH)–C–C–N with tert-alkyl or cyclic N) is 1. The highest BCUT2D eigenvalue weighted by Crippen LogP contribution is 2.15. The predicted molar refractivity (Wildman–Crippen MR) is 72.7 cm³/mol. The second-order valence-corrected chi connectivity index (χ2v) is 5.71. The van der Waals surface area contributed by atoms with Crippen LogP contribution in [0.3, 0.4) is 0 Å². The Morgan fingerprint density at radius 2 is 2.00 bits per heavy atom. The van der Waals surface area contributed by atoms with Gasteiger partial charge in [-0.25, -0.2) is 4.98 Å². The van der Waals surface area contributed by atoms with Gasteiger partial charge in [0.1, 0.15) is 6.10 Å². The number of aliphatic hydroxyl groups is 1. The minimum absolute atomic E-state index is 0.0208. The fourth-order valence-electron chi connectivity index (χ4n) is 1.43. The van der Waals surface area contributed by atoms with E-state index < -0.39 is 6.10 Å². The number of rotatable bonds is 5. The van der Waals surface area contributed by atoms with Crippen molar-refractivity contribution in [3.63, 3.8) is 0 Å². The third-order valence-corrected chi connectivity index (χ3v) is 2.27. The number of hydrogen-bond acceptors (Lipinski definition) is 4. The van der Waals surface area contributed by atoms with Gasteiger partial charge in [-0.2, -0.15) is 0 Å². The highest BCUT2D eigenvalue weighted by atomic mass is 16.5. The first-order chi connectivity index (χ1) is 8.28. The first-order valence-corrected chi connectivity index (χ1v) is 6.34. The van der Waals surface area contributed by atoms with E-state index in [2.05, 4.69) is 31.1 Å². The molecule has 4 nitrogen and oxygen atoms in total. The zero-order valence-corrected chi connectivity index (χ0v) is 11.9. The molecule has 18 heavy (non-hydrogen) atoms. The average molecular weight is 252 g/mol. The van der Waals surface area contributed by atoms with Gasteiger partial charge in [-0.3, -0.25) is 0 Å². The van der Waals surface area contributed by atoms with Crippen molar-refractivity contribution in [2.75, 3.05) is 6.54 Å². The molecule has 1 rings (SSSR count). The molecule has 0 fully saturated rings. The van der Waals surface area contributed by atoms with E-state index in [-0.39, 0.29) is 11.6 Å². The van der Waals surface area contributed by atoms with Gasteiger partial charge in [-0.15, -0.1) is 0 Å². The number of ether oxygens (including phenoxy) is 1. The molecule has 2 N–H and O–H groups in total. The van der Waals surface area contributed by atoms with Crippen LogP contribution >= 0.6 is 0 Å². The van der Waals surface area contributed by atoms with Crippen LogP contribution in [0, 0.1) is 0 Å². The van der Waals surface area contributed by atoms with Crippen LogP contribution in [0.2, 0.25) is 0 Å². The standard InChI is InChI=1S/C14H24N2O2/c1-10(2)18-13-8-6-7-11(16-13)12(17)9-15-14(3,4)5/h6-8,10,12,15,17H,9H2,1-5H3/t12-/m1/s1. The molecule has 1 aromatic rings. The average Bonchev–Trinajstić information content (AvgIpc) is 2.24. The van der Waals surface area contributed by atoms with Crippen LogP contribution in [0.1, 0.15) is 46.4 Å². The van der Waals surface area contributed by atoms with Crippen molar-refractivity contribution >= 4 is 0 Å². The van der Waals surface area contributed by atoms with Crippen molar-refractivity contribution in [1.82, 2.24) is 10.3 Å². The highest BCUT2D eigenvalue weighted by Gasteiger charge is 2.15. The fraction of sp³-hybridized carbons (Fsp3) is 0.643. The van der Waals surface area contributed by atoms with E-state index in [9.17, 15) is 5.11 Å². The third kappa shape index (κ3) is 5.47. The number of aliphatic hydroxyl groups excluding tert-OH is 1. The summed E-state index contributed by atoms with van der Waals surface area (Å²) in [6.45, 7) is 10.6. The Balaban J connectivity index is 2.65. The van der Waals surface area contributed by atoms with Gasteiger partial charge < -0.3 is 15.2 Å². The lowest BCUT2D eigenvalue weighted by Crippen LogP contribution is -2.38. The van der Waals surface area contributed by atoms with Crippen LogP contribution in [-0.2, 0) is 0 Å². The minimum Gasteiger partial charge on any atom is -0.475 e. The molecular formula is C14H24N2O2. The van der Waals surface area contributed by atoms with Crippen LogP contribution in [0.15, 0.2) is 18.2 Å². The Hall–Kier alpha value is -1.13. The van der Waals surface area contributed by atoms with E-state index >= 15 is 0 Å². The topological polar surface area (TPSA) is 54.4 Å². The maximum atomic E-state index is 10.1. The molecule has 102 valence electrons. The largest absolute Gasteiger partial charge is 0.475 e. The fourth-order valence-corrected chi connectivity index (χ4v) is 1.43. The SMILES string of the molecule is CC(C)Oc1cccc([C@H](O)CNC(C)(C)C)n1. The smallest absolute Gasteiger partial charge is 0.213 e. The molecule has 0 saturated carbocycles. The van der Waals surface area contributed by atoms with Gasteiger partial charge in [0.05, 0.1) is 11.8 Å². The molecule has 1 atom stereocenters. The zero-order chi connectivity index (χ0) is 13.8. The minimum atomic E-state index is -0.625. The van der Waals surface area contributed by atoms with Gasteiger partial charge in [0.2, 0.25) is 5.88 Å². The van der Waals surface area contributed by atoms with Gasteiger partial charge in [0.15, 0.2) is 0 Å². The van der Waals surface area contributed by atoms with E-state index in [1.165, 1.54) is 0 Å². The summed E-state index contributed by atoms with van der Waals surface area (Å²) in [7, 11) is 0. The normalized spacial score (nSPS) is 13.7. The Labute approximate surface area is 109 Å². The quantitative estimate of drug-likeness (QED) is 0.844. The van der Waals surface area contributed by atoms with E-state index in [0.717, 1.165) is 0 Å². The van der Waals surface area contributed by atoms with Crippen molar-refractivity contribution < 1.29 is 9.84 Å². The Morgan fingerprint density at radius 1 is 1.33 bits per heavy atom. The summed E-state index contributed by atoms with van der Waals surface area (Å²) in [4.78, 5) is 4.30. The molecule has 0 bridgehead atoms. The van der Waals surface area contributed by atoms with Crippen molar-refractivity contribution in [2.24, 2.45) is 0 Å². The van der Waals surface area contributed by atoms with Gasteiger partial charge in [-0.05, 0) is 40.7 Å². The molecule has 0 aliphatic carbocycles. The lowest BCUT2D eigenvalue weighted by molar-refractivity contribution is 0.156. The van der Waals surface area contributed by atoms with Crippen LogP contribution in [-0.4, -0.2) is 28.3 Å². The molecule has 0 unspecified atom stereocenters. The van der Waals surface area contributed by atoms with Crippen LogP contribution in [0.25, 0.3) is 0 Å². The second kappa shape index (κ2) is 6.16. The molecule has 0 saturated heterocycles. The van der Waals surface area contributed by atoms with Crippen molar-refractivity contribution in [3.8, 4) is 5.88 Å². The number of nitrogens with one attached hydrogen (secondary N) is 1. The van der Waals surface area contributed by atoms with E-state index in [0.29, 0.717) is 18.1 Å². The summed E-state index contributed by atoms with van der Waals surface area (Å²) < 4.78 is 5.51. The Kier molecular flexibility index (Phi) is 5.11. The van der Waals surface area contributed by atoms with Crippen molar-refractivity contribution in [3.05, 3.63) is 23.9 Å². The maximum Gasteiger partial charge on any atom is 0.213 e. The number of hydrogen-bond donors (Lipinski definition) is 2. The molecule has 0 spiro atoms. The molecular weight excluding hydrogens is 228 g/mol. The van der Waals surface area contributed by atoms with Gasteiger partial charge in [0, 0.05) is 18.2 Å². The summed E-state index contributed by atoms with van der Waals surface area (Å²) in [6, 6.07) is 5.45. The van der Waals surface area contributed by atoms with E-state index in [1.807, 2.05) is 26.0 Å². The number of aromatic nitrogens is 1. The van der Waals surface area contributed by atoms with E-state index in [1.54, 1.807) is 6.07 Å². The summed E-state index contributed by atoms with van der Waals surface area (Å²) in [6.07, 6.45) is -0.544. The lowest BCUT2D eigenvalue weighted by Gasteiger charge is -2.22. The molecule has 0 aliphatic heterocycles. The summed E-state index contributed by atoms with van der Waals surface area (Å²) in [5.74, 6) is 0.553. The first-order valence-electron chi connectivity index (χ1n) is 6.34. The summed E-state index contributed by atoms with van der Waals surface area (Å²) >= 11 is 0. The van der Waals surface area contributed by atoms with Crippen molar-refractivity contribution in [2.45, 2.75) is 52.4 Å². The molecule has 1 heterocycles. The van der Waals surface area contributed by atoms with Crippen LogP contribution < -0.4 is 10.1 Å². The zero-order valence-electron chi connectivity index (χ0n) is 11.9. The molecule has 0 amide bonds. The number of pyridine rings is 1. The van der Waals surface area contributed by atoms with E-state index in [4.69, 9.17) is 4.74 Å². The molecule has 4 heteroatoms. The number of nitrogens with zero attached hydrogens (tertiary/aromatic N) is 1. The van der Waals surface area contributed by atoms with Gasteiger partial charge in [0.25, 0.3) is 0 Å². The Morgan fingerprint density at radius 3 is 2.56 bits per heavy atom. The summed E-state index contributed by atoms with van der Waals surface area (Å²) in [5, 5.41) is 13.3. The lowest BCUT2D eigenvalue weighted by atomic mass is 10.1. The molecule has 0 aliphatic rings.